The van der Waals surface area contributed by atoms with Crippen LogP contribution in [0.5, 0.6) is 0 Å². The SMILES string of the molecule is CCN(C)C(=O)c1ccc(/C=C2\SC(=O)N(Cc3cccc(Cl)c3)C2=O)cc1. The quantitative estimate of drug-likeness (QED) is 0.667. The molecular weight excluding hydrogens is 396 g/mol. The van der Waals surface area contributed by atoms with Crippen molar-refractivity contribution in [2.45, 2.75) is 13.5 Å². The fourth-order valence-electron chi connectivity index (χ4n) is 2.69. The average molecular weight is 415 g/mol. The van der Waals surface area contributed by atoms with Crippen LogP contribution >= 0.6 is 23.4 Å². The molecular formula is C21H19ClN2O3S. The van der Waals surface area contributed by atoms with Crippen molar-refractivity contribution in [2.24, 2.45) is 0 Å². The summed E-state index contributed by atoms with van der Waals surface area (Å²) in [7, 11) is 1.74. The van der Waals surface area contributed by atoms with Gasteiger partial charge in [-0.2, -0.15) is 0 Å². The van der Waals surface area contributed by atoms with Crippen molar-refractivity contribution < 1.29 is 14.4 Å². The van der Waals surface area contributed by atoms with Gasteiger partial charge in [-0.1, -0.05) is 35.9 Å². The molecule has 1 heterocycles. The molecule has 1 aliphatic rings. The summed E-state index contributed by atoms with van der Waals surface area (Å²) in [5, 5.41) is 0.246. The van der Waals surface area contributed by atoms with Gasteiger partial charge < -0.3 is 4.90 Å². The van der Waals surface area contributed by atoms with Gasteiger partial charge in [0.15, 0.2) is 0 Å². The molecule has 0 saturated carbocycles. The number of carbonyl (C=O) groups excluding carboxylic acids is 3. The van der Waals surface area contributed by atoms with Crippen LogP contribution in [0.1, 0.15) is 28.4 Å². The summed E-state index contributed by atoms with van der Waals surface area (Å²) in [6.07, 6.45) is 1.67. The molecule has 0 aliphatic carbocycles. The van der Waals surface area contributed by atoms with Gasteiger partial charge in [-0.15, -0.1) is 0 Å². The number of amides is 3. The molecule has 2 aromatic rings. The van der Waals surface area contributed by atoms with Gasteiger partial charge in [-0.3, -0.25) is 19.3 Å². The van der Waals surface area contributed by atoms with Gasteiger partial charge in [-0.25, -0.2) is 0 Å². The van der Waals surface area contributed by atoms with E-state index in [1.54, 1.807) is 60.5 Å². The lowest BCUT2D eigenvalue weighted by molar-refractivity contribution is -0.123. The molecule has 0 unspecified atom stereocenters. The van der Waals surface area contributed by atoms with E-state index in [-0.39, 0.29) is 23.6 Å². The first kappa shape index (κ1) is 20.2. The van der Waals surface area contributed by atoms with E-state index < -0.39 is 0 Å². The second-order valence-electron chi connectivity index (χ2n) is 6.34. The first-order chi connectivity index (χ1) is 13.4. The normalized spacial score (nSPS) is 15.4. The van der Waals surface area contributed by atoms with Crippen molar-refractivity contribution >= 4 is 46.5 Å². The minimum absolute atomic E-state index is 0.0594. The molecule has 7 heteroatoms. The fourth-order valence-corrected chi connectivity index (χ4v) is 3.74. The lowest BCUT2D eigenvalue weighted by atomic mass is 10.1. The molecule has 1 aliphatic heterocycles. The summed E-state index contributed by atoms with van der Waals surface area (Å²) in [6, 6.07) is 14.0. The second-order valence-corrected chi connectivity index (χ2v) is 7.77. The topological polar surface area (TPSA) is 57.7 Å². The summed E-state index contributed by atoms with van der Waals surface area (Å²) in [4.78, 5) is 40.2. The third kappa shape index (κ3) is 4.46. The van der Waals surface area contributed by atoms with Crippen molar-refractivity contribution in [3.05, 3.63) is 75.1 Å². The Morgan fingerprint density at radius 2 is 1.89 bits per heavy atom. The highest BCUT2D eigenvalue weighted by Crippen LogP contribution is 2.33. The van der Waals surface area contributed by atoms with Crippen LogP contribution < -0.4 is 0 Å². The van der Waals surface area contributed by atoms with E-state index in [4.69, 9.17) is 11.6 Å². The Balaban J connectivity index is 1.75. The summed E-state index contributed by atoms with van der Waals surface area (Å²) in [5.41, 5.74) is 2.12. The van der Waals surface area contributed by atoms with E-state index in [9.17, 15) is 14.4 Å². The Labute approximate surface area is 173 Å². The first-order valence-electron chi connectivity index (χ1n) is 8.74. The Hall–Kier alpha value is -2.57. The van der Waals surface area contributed by atoms with Crippen LogP contribution in [0.3, 0.4) is 0 Å². The minimum atomic E-state index is -0.333. The summed E-state index contributed by atoms with van der Waals surface area (Å²) in [6.45, 7) is 2.71. The fraction of sp³-hybridized carbons (Fsp3) is 0.190. The van der Waals surface area contributed by atoms with E-state index in [2.05, 4.69) is 0 Å². The van der Waals surface area contributed by atoms with Gasteiger partial charge in [0.1, 0.15) is 0 Å². The molecule has 1 saturated heterocycles. The predicted molar refractivity (Wildman–Crippen MR) is 112 cm³/mol. The third-order valence-electron chi connectivity index (χ3n) is 4.38. The maximum atomic E-state index is 12.6. The lowest BCUT2D eigenvalue weighted by Crippen LogP contribution is -2.27. The number of carbonyl (C=O) groups is 3. The average Bonchev–Trinajstić information content (AvgIpc) is 2.95. The largest absolute Gasteiger partial charge is 0.342 e. The van der Waals surface area contributed by atoms with Crippen molar-refractivity contribution in [1.82, 2.24) is 9.80 Å². The van der Waals surface area contributed by atoms with Gasteiger partial charge in [-0.05, 0) is 60.2 Å². The standard InChI is InChI=1S/C21H19ClN2O3S/c1-3-23(2)19(25)16-9-7-14(8-10-16)12-18-20(26)24(21(27)28-18)13-15-5-4-6-17(22)11-15/h4-12H,3,13H2,1-2H3/b18-12-. The van der Waals surface area contributed by atoms with Crippen LogP contribution in [0, 0.1) is 0 Å². The molecule has 144 valence electrons. The Bertz CT molecular complexity index is 956. The third-order valence-corrected chi connectivity index (χ3v) is 5.52. The van der Waals surface area contributed by atoms with Crippen LogP contribution in [0.4, 0.5) is 4.79 Å². The van der Waals surface area contributed by atoms with Crippen molar-refractivity contribution in [2.75, 3.05) is 13.6 Å². The van der Waals surface area contributed by atoms with Gasteiger partial charge in [0.2, 0.25) is 0 Å². The van der Waals surface area contributed by atoms with E-state index in [1.165, 1.54) is 4.90 Å². The Kier molecular flexibility index (Phi) is 6.21. The number of benzene rings is 2. The van der Waals surface area contributed by atoms with Crippen LogP contribution in [0.25, 0.3) is 6.08 Å². The molecule has 5 nitrogen and oxygen atoms in total. The number of hydrogen-bond acceptors (Lipinski definition) is 4. The highest BCUT2D eigenvalue weighted by molar-refractivity contribution is 8.18. The smallest absolute Gasteiger partial charge is 0.293 e. The second kappa shape index (κ2) is 8.63. The summed E-state index contributed by atoms with van der Waals surface area (Å²) < 4.78 is 0. The molecule has 0 N–H and O–H groups in total. The zero-order valence-electron chi connectivity index (χ0n) is 15.5. The molecule has 0 bridgehead atoms. The van der Waals surface area contributed by atoms with E-state index in [0.717, 1.165) is 22.9 Å². The molecule has 0 aromatic heterocycles. The van der Waals surface area contributed by atoms with Crippen LogP contribution in [0.2, 0.25) is 5.02 Å². The Morgan fingerprint density at radius 3 is 2.54 bits per heavy atom. The highest BCUT2D eigenvalue weighted by Gasteiger charge is 2.35. The molecule has 28 heavy (non-hydrogen) atoms. The molecule has 2 aromatic carbocycles. The lowest BCUT2D eigenvalue weighted by Gasteiger charge is -2.14. The molecule has 0 radical (unpaired) electrons. The van der Waals surface area contributed by atoms with Gasteiger partial charge >= 0.3 is 0 Å². The van der Waals surface area contributed by atoms with Crippen LogP contribution in [0.15, 0.2) is 53.4 Å². The number of rotatable bonds is 5. The number of thioether (sulfide) groups is 1. The van der Waals surface area contributed by atoms with Gasteiger partial charge in [0.25, 0.3) is 17.1 Å². The minimum Gasteiger partial charge on any atom is -0.342 e. The van der Waals surface area contributed by atoms with E-state index in [0.29, 0.717) is 22.0 Å². The van der Waals surface area contributed by atoms with E-state index >= 15 is 0 Å². The molecule has 0 spiro atoms. The summed E-state index contributed by atoms with van der Waals surface area (Å²) >= 11 is 6.88. The van der Waals surface area contributed by atoms with Gasteiger partial charge in [0, 0.05) is 24.2 Å². The van der Waals surface area contributed by atoms with Gasteiger partial charge in [0.05, 0.1) is 11.4 Å². The first-order valence-corrected chi connectivity index (χ1v) is 9.94. The maximum Gasteiger partial charge on any atom is 0.293 e. The summed E-state index contributed by atoms with van der Waals surface area (Å²) in [5.74, 6) is -0.392. The monoisotopic (exact) mass is 414 g/mol. The zero-order valence-corrected chi connectivity index (χ0v) is 17.1. The van der Waals surface area contributed by atoms with Crippen LogP contribution in [-0.2, 0) is 11.3 Å². The number of halogens is 1. The number of nitrogens with zero attached hydrogens (tertiary/aromatic N) is 2. The highest BCUT2D eigenvalue weighted by atomic mass is 35.5. The number of imide groups is 1. The predicted octanol–water partition coefficient (Wildman–Crippen LogP) is 4.67. The maximum absolute atomic E-state index is 12.6. The van der Waals surface area contributed by atoms with E-state index in [1.807, 2.05) is 13.0 Å². The zero-order chi connectivity index (χ0) is 20.3. The van der Waals surface area contributed by atoms with Crippen molar-refractivity contribution in [1.29, 1.82) is 0 Å². The molecule has 0 atom stereocenters. The molecule has 3 rings (SSSR count). The Morgan fingerprint density at radius 1 is 1.18 bits per heavy atom. The molecule has 1 fully saturated rings. The van der Waals surface area contributed by atoms with Crippen LogP contribution in [-0.4, -0.2) is 40.4 Å². The molecule has 3 amide bonds. The van der Waals surface area contributed by atoms with Crippen molar-refractivity contribution in [3.63, 3.8) is 0 Å². The van der Waals surface area contributed by atoms with Crippen molar-refractivity contribution in [3.8, 4) is 0 Å². The number of hydrogen-bond donors (Lipinski definition) is 0.